The molecule has 0 radical (unpaired) electrons. The van der Waals surface area contributed by atoms with Crippen LogP contribution in [0.4, 0.5) is 0 Å². The van der Waals surface area contributed by atoms with Gasteiger partial charge in [0.2, 0.25) is 0 Å². The van der Waals surface area contributed by atoms with Crippen LogP contribution in [0.3, 0.4) is 0 Å². The van der Waals surface area contributed by atoms with E-state index in [2.05, 4.69) is 49.9 Å². The van der Waals surface area contributed by atoms with E-state index >= 15 is 0 Å². The van der Waals surface area contributed by atoms with E-state index in [1.54, 1.807) is 0 Å². The molecule has 0 spiro atoms. The van der Waals surface area contributed by atoms with Gasteiger partial charge in [0.25, 0.3) is 0 Å². The summed E-state index contributed by atoms with van der Waals surface area (Å²) < 4.78 is 0. The molecule has 0 bridgehead atoms. The summed E-state index contributed by atoms with van der Waals surface area (Å²) in [5.74, 6) is 0. The fourth-order valence-corrected chi connectivity index (χ4v) is 3.08. The maximum Gasteiger partial charge on any atom is 0.0424 e. The molecule has 1 heterocycles. The van der Waals surface area contributed by atoms with Gasteiger partial charge in [0, 0.05) is 19.1 Å². The molecule has 2 nitrogen and oxygen atoms in total. The number of piperidine rings is 1. The summed E-state index contributed by atoms with van der Waals surface area (Å²) in [5.41, 5.74) is 9.46. The predicted molar refractivity (Wildman–Crippen MR) is 82.2 cm³/mol. The minimum absolute atomic E-state index is 0.139. The standard InChI is InChI=1S/C17H28N2/c1-4-14-6-8-15(9-7-14)16(18)12-19-11-5-10-17(2,3)13-19/h6-9,16H,4-5,10-13,18H2,1-3H3. The summed E-state index contributed by atoms with van der Waals surface area (Å²) in [5, 5.41) is 0. The highest BCUT2D eigenvalue weighted by molar-refractivity contribution is 5.25. The van der Waals surface area contributed by atoms with Crippen LogP contribution in [0.25, 0.3) is 0 Å². The van der Waals surface area contributed by atoms with E-state index in [0.717, 1.165) is 13.0 Å². The average molecular weight is 260 g/mol. The molecule has 1 aromatic rings. The van der Waals surface area contributed by atoms with E-state index < -0.39 is 0 Å². The van der Waals surface area contributed by atoms with Gasteiger partial charge in [-0.2, -0.15) is 0 Å². The summed E-state index contributed by atoms with van der Waals surface area (Å²) in [6.07, 6.45) is 3.73. The summed E-state index contributed by atoms with van der Waals surface area (Å²) in [4.78, 5) is 2.53. The van der Waals surface area contributed by atoms with E-state index in [1.807, 2.05) is 0 Å². The fraction of sp³-hybridized carbons (Fsp3) is 0.647. The van der Waals surface area contributed by atoms with Crippen LogP contribution < -0.4 is 5.73 Å². The SMILES string of the molecule is CCc1ccc(C(N)CN2CCCC(C)(C)C2)cc1. The number of nitrogens with two attached hydrogens (primary N) is 1. The topological polar surface area (TPSA) is 29.3 Å². The third kappa shape index (κ3) is 4.05. The normalized spacial score (nSPS) is 21.3. The van der Waals surface area contributed by atoms with Gasteiger partial charge in [0.05, 0.1) is 0 Å². The second kappa shape index (κ2) is 6.06. The van der Waals surface area contributed by atoms with Gasteiger partial charge < -0.3 is 10.6 Å². The van der Waals surface area contributed by atoms with Crippen molar-refractivity contribution in [3.8, 4) is 0 Å². The number of aryl methyl sites for hydroxylation is 1. The molecule has 2 N–H and O–H groups in total. The van der Waals surface area contributed by atoms with Gasteiger partial charge in [-0.05, 0) is 42.3 Å². The molecule has 2 rings (SSSR count). The minimum atomic E-state index is 0.139. The average Bonchev–Trinajstić information content (AvgIpc) is 2.37. The van der Waals surface area contributed by atoms with Crippen molar-refractivity contribution in [1.29, 1.82) is 0 Å². The van der Waals surface area contributed by atoms with E-state index in [0.29, 0.717) is 5.41 Å². The number of nitrogens with zero attached hydrogens (tertiary/aromatic N) is 1. The Morgan fingerprint density at radius 3 is 2.53 bits per heavy atom. The van der Waals surface area contributed by atoms with Crippen LogP contribution in [0.15, 0.2) is 24.3 Å². The Bertz CT molecular complexity index is 394. The van der Waals surface area contributed by atoms with E-state index in [-0.39, 0.29) is 6.04 Å². The summed E-state index contributed by atoms with van der Waals surface area (Å²) in [6, 6.07) is 8.93. The molecule has 1 saturated heterocycles. The Labute approximate surface area is 118 Å². The Hall–Kier alpha value is -0.860. The molecule has 0 saturated carbocycles. The first-order valence-corrected chi connectivity index (χ1v) is 7.57. The zero-order valence-corrected chi connectivity index (χ0v) is 12.7. The first-order chi connectivity index (χ1) is 9.00. The van der Waals surface area contributed by atoms with Gasteiger partial charge in [0.15, 0.2) is 0 Å². The molecule has 0 aliphatic carbocycles. The van der Waals surface area contributed by atoms with Crippen LogP contribution in [-0.2, 0) is 6.42 Å². The molecule has 1 aromatic carbocycles. The number of benzene rings is 1. The Morgan fingerprint density at radius 1 is 1.26 bits per heavy atom. The van der Waals surface area contributed by atoms with Gasteiger partial charge >= 0.3 is 0 Å². The Kier molecular flexibility index (Phi) is 4.64. The van der Waals surface area contributed by atoms with E-state index in [1.165, 1.54) is 37.1 Å². The number of hydrogen-bond acceptors (Lipinski definition) is 2. The smallest absolute Gasteiger partial charge is 0.0424 e. The highest BCUT2D eigenvalue weighted by Gasteiger charge is 2.27. The minimum Gasteiger partial charge on any atom is -0.323 e. The third-order valence-corrected chi connectivity index (χ3v) is 4.25. The molecule has 2 heteroatoms. The van der Waals surface area contributed by atoms with Crippen molar-refractivity contribution in [2.24, 2.45) is 11.1 Å². The van der Waals surface area contributed by atoms with Crippen LogP contribution in [-0.4, -0.2) is 24.5 Å². The molecule has 0 amide bonds. The lowest BCUT2D eigenvalue weighted by Gasteiger charge is -2.39. The first-order valence-electron chi connectivity index (χ1n) is 7.57. The molecule has 1 fully saturated rings. The van der Waals surface area contributed by atoms with Crippen molar-refractivity contribution in [2.75, 3.05) is 19.6 Å². The fourth-order valence-electron chi connectivity index (χ4n) is 3.08. The lowest BCUT2D eigenvalue weighted by atomic mass is 9.84. The Morgan fingerprint density at radius 2 is 1.95 bits per heavy atom. The van der Waals surface area contributed by atoms with E-state index in [4.69, 9.17) is 5.73 Å². The maximum absolute atomic E-state index is 6.36. The zero-order valence-electron chi connectivity index (χ0n) is 12.7. The molecule has 1 aliphatic rings. The molecular formula is C17H28N2. The second-order valence-electron chi connectivity index (χ2n) is 6.70. The highest BCUT2D eigenvalue weighted by atomic mass is 15.1. The van der Waals surface area contributed by atoms with Crippen LogP contribution in [0.5, 0.6) is 0 Å². The van der Waals surface area contributed by atoms with Crippen molar-refractivity contribution in [3.63, 3.8) is 0 Å². The summed E-state index contributed by atoms with van der Waals surface area (Å²) in [7, 11) is 0. The molecule has 106 valence electrons. The van der Waals surface area contributed by atoms with Crippen molar-refractivity contribution < 1.29 is 0 Å². The van der Waals surface area contributed by atoms with Crippen LogP contribution in [0.2, 0.25) is 0 Å². The van der Waals surface area contributed by atoms with Gasteiger partial charge in [0.1, 0.15) is 0 Å². The zero-order chi connectivity index (χ0) is 13.9. The predicted octanol–water partition coefficient (Wildman–Crippen LogP) is 3.37. The van der Waals surface area contributed by atoms with Crippen molar-refractivity contribution in [2.45, 2.75) is 46.1 Å². The van der Waals surface area contributed by atoms with Crippen LogP contribution >= 0.6 is 0 Å². The summed E-state index contributed by atoms with van der Waals surface area (Å²) >= 11 is 0. The third-order valence-electron chi connectivity index (χ3n) is 4.25. The summed E-state index contributed by atoms with van der Waals surface area (Å²) in [6.45, 7) is 10.3. The van der Waals surface area contributed by atoms with Crippen molar-refractivity contribution in [1.82, 2.24) is 4.90 Å². The monoisotopic (exact) mass is 260 g/mol. The number of likely N-dealkylation sites (tertiary alicyclic amines) is 1. The molecule has 1 atom stereocenters. The number of hydrogen-bond donors (Lipinski definition) is 1. The van der Waals surface area contributed by atoms with Gasteiger partial charge in [-0.25, -0.2) is 0 Å². The van der Waals surface area contributed by atoms with Gasteiger partial charge in [-0.15, -0.1) is 0 Å². The second-order valence-corrected chi connectivity index (χ2v) is 6.70. The van der Waals surface area contributed by atoms with E-state index in [9.17, 15) is 0 Å². The molecular weight excluding hydrogens is 232 g/mol. The largest absolute Gasteiger partial charge is 0.323 e. The first kappa shape index (κ1) is 14.5. The highest BCUT2D eigenvalue weighted by Crippen LogP contribution is 2.29. The molecule has 1 aliphatic heterocycles. The van der Waals surface area contributed by atoms with Crippen molar-refractivity contribution >= 4 is 0 Å². The van der Waals surface area contributed by atoms with Crippen LogP contribution in [0, 0.1) is 5.41 Å². The van der Waals surface area contributed by atoms with Gasteiger partial charge in [-0.1, -0.05) is 45.0 Å². The van der Waals surface area contributed by atoms with Crippen molar-refractivity contribution in [3.05, 3.63) is 35.4 Å². The van der Waals surface area contributed by atoms with Gasteiger partial charge in [-0.3, -0.25) is 0 Å². The number of rotatable bonds is 4. The van der Waals surface area contributed by atoms with Crippen LogP contribution in [0.1, 0.15) is 50.8 Å². The lowest BCUT2D eigenvalue weighted by Crippen LogP contribution is -2.43. The molecule has 0 aromatic heterocycles. The molecule has 1 unspecified atom stereocenters. The lowest BCUT2D eigenvalue weighted by molar-refractivity contribution is 0.112. The Balaban J connectivity index is 1.94. The maximum atomic E-state index is 6.36. The quantitative estimate of drug-likeness (QED) is 0.899. The molecule has 19 heavy (non-hydrogen) atoms.